The van der Waals surface area contributed by atoms with Crippen LogP contribution in [0.4, 0.5) is 9.39 Å². The number of benzene rings is 1. The molecule has 0 fully saturated rings. The third-order valence-electron chi connectivity index (χ3n) is 4.88. The predicted molar refractivity (Wildman–Crippen MR) is 120 cm³/mol. The number of halogens is 1. The quantitative estimate of drug-likeness (QED) is 0.418. The molecule has 0 saturated carbocycles. The van der Waals surface area contributed by atoms with E-state index in [1.807, 2.05) is 0 Å². The van der Waals surface area contributed by atoms with E-state index in [0.717, 1.165) is 0 Å². The van der Waals surface area contributed by atoms with Crippen LogP contribution in [0.2, 0.25) is 0 Å². The van der Waals surface area contributed by atoms with Gasteiger partial charge in [0.05, 0.1) is 19.4 Å². The standard InChI is InChI=1S/C23H20FN3O4S/c1-4-31-23(29)18-16(14-7-9-15(24)10-8-14)12-32-22(18)26-21(28)19-13(2)25-20-17(30-3)6-5-11-27(19)20/h5-12H,4H2,1-3H3,(H,26,28). The molecule has 9 heteroatoms. The minimum Gasteiger partial charge on any atom is -0.493 e. The molecule has 0 aliphatic carbocycles. The molecule has 0 radical (unpaired) electrons. The summed E-state index contributed by atoms with van der Waals surface area (Å²) in [5.41, 5.74) is 2.77. The van der Waals surface area contributed by atoms with Gasteiger partial charge in [0.25, 0.3) is 5.91 Å². The molecule has 0 spiro atoms. The summed E-state index contributed by atoms with van der Waals surface area (Å²) in [6, 6.07) is 9.30. The van der Waals surface area contributed by atoms with Crippen molar-refractivity contribution in [2.45, 2.75) is 13.8 Å². The molecule has 1 N–H and O–H groups in total. The van der Waals surface area contributed by atoms with Crippen molar-refractivity contribution in [2.24, 2.45) is 0 Å². The second-order valence-electron chi connectivity index (χ2n) is 6.85. The number of nitrogens with zero attached hydrogens (tertiary/aromatic N) is 2. The van der Waals surface area contributed by atoms with Gasteiger partial charge in [0, 0.05) is 17.1 Å². The molecule has 1 amide bonds. The first-order valence-electron chi connectivity index (χ1n) is 9.82. The van der Waals surface area contributed by atoms with Crippen molar-refractivity contribution in [2.75, 3.05) is 19.0 Å². The zero-order valence-electron chi connectivity index (χ0n) is 17.6. The Kier molecular flexibility index (Phi) is 5.91. The summed E-state index contributed by atoms with van der Waals surface area (Å²) in [7, 11) is 1.54. The topological polar surface area (TPSA) is 81.9 Å². The van der Waals surface area contributed by atoms with Gasteiger partial charge >= 0.3 is 5.97 Å². The highest BCUT2D eigenvalue weighted by Crippen LogP contribution is 2.37. The van der Waals surface area contributed by atoms with E-state index in [1.54, 1.807) is 54.1 Å². The zero-order valence-corrected chi connectivity index (χ0v) is 18.5. The number of aromatic nitrogens is 2. The summed E-state index contributed by atoms with van der Waals surface area (Å²) in [6.07, 6.45) is 1.72. The number of hydrogen-bond acceptors (Lipinski definition) is 6. The Balaban J connectivity index is 1.76. The third kappa shape index (κ3) is 3.82. The van der Waals surface area contributed by atoms with E-state index in [1.165, 1.54) is 30.6 Å². The number of anilines is 1. The summed E-state index contributed by atoms with van der Waals surface area (Å²) < 4.78 is 25.6. The fraction of sp³-hybridized carbons (Fsp3) is 0.174. The molecule has 164 valence electrons. The first kappa shape index (κ1) is 21.5. The first-order valence-corrected chi connectivity index (χ1v) is 10.7. The molecule has 0 atom stereocenters. The average Bonchev–Trinajstić information content (AvgIpc) is 3.34. The Hall–Kier alpha value is -3.72. The van der Waals surface area contributed by atoms with Crippen LogP contribution in [0.25, 0.3) is 16.8 Å². The van der Waals surface area contributed by atoms with E-state index in [9.17, 15) is 14.0 Å². The fourth-order valence-electron chi connectivity index (χ4n) is 3.45. The van der Waals surface area contributed by atoms with E-state index in [4.69, 9.17) is 9.47 Å². The fourth-order valence-corrected chi connectivity index (χ4v) is 4.40. The van der Waals surface area contributed by atoms with Crippen LogP contribution in [0.1, 0.15) is 33.5 Å². The maximum atomic E-state index is 13.4. The van der Waals surface area contributed by atoms with Crippen LogP contribution in [-0.4, -0.2) is 35.0 Å². The van der Waals surface area contributed by atoms with Crippen molar-refractivity contribution in [3.63, 3.8) is 0 Å². The highest BCUT2D eigenvalue weighted by molar-refractivity contribution is 7.15. The number of carbonyl (C=O) groups excluding carboxylic acids is 2. The summed E-state index contributed by atoms with van der Waals surface area (Å²) in [4.78, 5) is 30.4. The molecule has 0 aliphatic heterocycles. The van der Waals surface area contributed by atoms with Gasteiger partial charge in [-0.15, -0.1) is 11.3 Å². The van der Waals surface area contributed by atoms with Gasteiger partial charge in [0.2, 0.25) is 0 Å². The number of pyridine rings is 1. The molecule has 7 nitrogen and oxygen atoms in total. The van der Waals surface area contributed by atoms with Gasteiger partial charge in [-0.3, -0.25) is 9.20 Å². The molecule has 3 aromatic heterocycles. The average molecular weight is 453 g/mol. The van der Waals surface area contributed by atoms with E-state index in [2.05, 4.69) is 10.3 Å². The number of ether oxygens (including phenoxy) is 2. The van der Waals surface area contributed by atoms with Crippen LogP contribution in [0.5, 0.6) is 5.75 Å². The molecular weight excluding hydrogens is 433 g/mol. The molecule has 4 rings (SSSR count). The van der Waals surface area contributed by atoms with Crippen LogP contribution in [0.3, 0.4) is 0 Å². The minimum atomic E-state index is -0.570. The number of hydrogen-bond donors (Lipinski definition) is 1. The second-order valence-corrected chi connectivity index (χ2v) is 7.73. The Morgan fingerprint density at radius 2 is 1.97 bits per heavy atom. The zero-order chi connectivity index (χ0) is 22.8. The predicted octanol–water partition coefficient (Wildman–Crippen LogP) is 4.95. The summed E-state index contributed by atoms with van der Waals surface area (Å²) >= 11 is 1.19. The van der Waals surface area contributed by atoms with Crippen LogP contribution in [0.15, 0.2) is 48.0 Å². The lowest BCUT2D eigenvalue weighted by atomic mass is 10.0. The van der Waals surface area contributed by atoms with Crippen LogP contribution >= 0.6 is 11.3 Å². The SMILES string of the molecule is CCOC(=O)c1c(-c2ccc(F)cc2)csc1NC(=O)c1c(C)nc2c(OC)cccn12. The number of thiophene rings is 1. The van der Waals surface area contributed by atoms with Crippen molar-refractivity contribution in [1.29, 1.82) is 0 Å². The number of nitrogens with one attached hydrogen (secondary N) is 1. The smallest absolute Gasteiger partial charge is 0.341 e. The van der Waals surface area contributed by atoms with Crippen molar-refractivity contribution in [3.05, 3.63) is 70.7 Å². The lowest BCUT2D eigenvalue weighted by Gasteiger charge is -2.09. The molecular formula is C23H20FN3O4S. The second kappa shape index (κ2) is 8.80. The number of esters is 1. The molecule has 32 heavy (non-hydrogen) atoms. The monoisotopic (exact) mass is 453 g/mol. The van der Waals surface area contributed by atoms with Crippen molar-refractivity contribution >= 4 is 33.9 Å². The van der Waals surface area contributed by atoms with E-state index >= 15 is 0 Å². The summed E-state index contributed by atoms with van der Waals surface area (Å²) in [5.74, 6) is -0.841. The number of amides is 1. The maximum absolute atomic E-state index is 13.4. The lowest BCUT2D eigenvalue weighted by Crippen LogP contribution is -2.17. The summed E-state index contributed by atoms with van der Waals surface area (Å²) in [6.45, 7) is 3.61. The van der Waals surface area contributed by atoms with Gasteiger partial charge in [0.15, 0.2) is 11.4 Å². The number of methoxy groups -OCH3 is 1. The number of imidazole rings is 1. The van der Waals surface area contributed by atoms with Gasteiger partial charge < -0.3 is 14.8 Å². The van der Waals surface area contributed by atoms with Crippen molar-refractivity contribution in [1.82, 2.24) is 9.38 Å². The van der Waals surface area contributed by atoms with Crippen molar-refractivity contribution in [3.8, 4) is 16.9 Å². The van der Waals surface area contributed by atoms with Crippen LogP contribution < -0.4 is 10.1 Å². The largest absolute Gasteiger partial charge is 0.493 e. The van der Waals surface area contributed by atoms with Gasteiger partial charge in [-0.2, -0.15) is 0 Å². The minimum absolute atomic E-state index is 0.178. The molecule has 0 saturated heterocycles. The van der Waals surface area contributed by atoms with Gasteiger partial charge in [-0.25, -0.2) is 14.2 Å². The molecule has 3 heterocycles. The number of carbonyl (C=O) groups is 2. The highest BCUT2D eigenvalue weighted by Gasteiger charge is 2.25. The number of rotatable bonds is 6. The van der Waals surface area contributed by atoms with Gasteiger partial charge in [-0.05, 0) is 43.7 Å². The number of aryl methyl sites for hydroxylation is 1. The van der Waals surface area contributed by atoms with Gasteiger partial charge in [-0.1, -0.05) is 12.1 Å². The van der Waals surface area contributed by atoms with Crippen molar-refractivity contribution < 1.29 is 23.5 Å². The maximum Gasteiger partial charge on any atom is 0.341 e. The molecule has 4 aromatic rings. The molecule has 1 aromatic carbocycles. The number of fused-ring (bicyclic) bond motifs is 1. The van der Waals surface area contributed by atoms with E-state index in [-0.39, 0.29) is 18.0 Å². The van der Waals surface area contributed by atoms with E-state index < -0.39 is 11.9 Å². The first-order chi connectivity index (χ1) is 15.4. The van der Waals surface area contributed by atoms with E-state index in [0.29, 0.717) is 38.9 Å². The Labute approximate surface area is 187 Å². The summed E-state index contributed by atoms with van der Waals surface area (Å²) in [5, 5.41) is 4.90. The molecule has 0 aliphatic rings. The lowest BCUT2D eigenvalue weighted by molar-refractivity contribution is 0.0529. The highest BCUT2D eigenvalue weighted by atomic mass is 32.1. The van der Waals surface area contributed by atoms with Crippen LogP contribution in [-0.2, 0) is 4.74 Å². The molecule has 0 unspecified atom stereocenters. The third-order valence-corrected chi connectivity index (χ3v) is 5.77. The van der Waals surface area contributed by atoms with Crippen LogP contribution in [0, 0.1) is 12.7 Å². The molecule has 0 bridgehead atoms. The van der Waals surface area contributed by atoms with Gasteiger partial charge in [0.1, 0.15) is 22.1 Å². The Bertz CT molecular complexity index is 1310. The Morgan fingerprint density at radius 1 is 1.22 bits per heavy atom. The Morgan fingerprint density at radius 3 is 2.66 bits per heavy atom. The normalized spacial score (nSPS) is 10.9.